The quantitative estimate of drug-likeness (QED) is 0.391. The van der Waals surface area contributed by atoms with Crippen molar-refractivity contribution < 1.29 is 34.1 Å². The molecule has 4 rings (SSSR count). The van der Waals surface area contributed by atoms with Crippen LogP contribution in [0.1, 0.15) is 23.2 Å². The fraction of sp³-hybridized carbons (Fsp3) is 0.333. The molecule has 0 atom stereocenters. The number of nitrogens with zero attached hydrogens (tertiary/aromatic N) is 2. The lowest BCUT2D eigenvalue weighted by atomic mass is 10.1. The number of aliphatic carboxylic acids is 2. The molecular formula is C27H31N3O7. The lowest BCUT2D eigenvalue weighted by Crippen LogP contribution is -2.32. The van der Waals surface area contributed by atoms with Crippen LogP contribution in [0, 0.1) is 0 Å². The number of methoxy groups -OCH3 is 2. The average molecular weight is 510 g/mol. The summed E-state index contributed by atoms with van der Waals surface area (Å²) in [5.74, 6) is -2.21. The van der Waals surface area contributed by atoms with E-state index >= 15 is 0 Å². The Labute approximate surface area is 214 Å². The molecule has 0 fully saturated rings. The van der Waals surface area contributed by atoms with E-state index in [2.05, 4.69) is 5.32 Å². The number of carbonyl (C=O) groups excluding carboxylic acids is 1. The Bertz CT molecular complexity index is 1280. The van der Waals surface area contributed by atoms with Gasteiger partial charge in [0, 0.05) is 17.6 Å². The van der Waals surface area contributed by atoms with Gasteiger partial charge in [0.1, 0.15) is 0 Å². The number of carboxylic acid groups (broad SMARTS) is 2. The molecule has 0 aliphatic heterocycles. The SMILES string of the molecule is COc1ccc(CCN(C)CC(=O)Nc2c3c(nc4ccccc24)CCC3)cc1OC.O=C(O)C(=O)O. The van der Waals surface area contributed by atoms with Gasteiger partial charge in [0.25, 0.3) is 0 Å². The normalized spacial score (nSPS) is 11.9. The number of amides is 1. The third-order valence-electron chi connectivity index (χ3n) is 6.01. The van der Waals surface area contributed by atoms with Crippen LogP contribution in [0.15, 0.2) is 42.5 Å². The van der Waals surface area contributed by atoms with Gasteiger partial charge in [0.15, 0.2) is 11.5 Å². The number of pyridine rings is 1. The number of para-hydroxylation sites is 1. The van der Waals surface area contributed by atoms with Crippen molar-refractivity contribution in [2.75, 3.05) is 39.7 Å². The van der Waals surface area contributed by atoms with Crippen LogP contribution in [0.2, 0.25) is 0 Å². The van der Waals surface area contributed by atoms with E-state index in [4.69, 9.17) is 34.3 Å². The van der Waals surface area contributed by atoms with E-state index in [1.54, 1.807) is 14.2 Å². The number of hydrogen-bond acceptors (Lipinski definition) is 7. The van der Waals surface area contributed by atoms with Crippen molar-refractivity contribution in [3.05, 3.63) is 59.3 Å². The summed E-state index contributed by atoms with van der Waals surface area (Å²) < 4.78 is 10.7. The van der Waals surface area contributed by atoms with E-state index in [0.717, 1.165) is 71.6 Å². The van der Waals surface area contributed by atoms with Crippen LogP contribution >= 0.6 is 0 Å². The Morgan fingerprint density at radius 1 is 1.00 bits per heavy atom. The highest BCUT2D eigenvalue weighted by atomic mass is 16.5. The summed E-state index contributed by atoms with van der Waals surface area (Å²) in [4.78, 5) is 37.9. The van der Waals surface area contributed by atoms with Crippen molar-refractivity contribution in [1.29, 1.82) is 0 Å². The van der Waals surface area contributed by atoms with Crippen molar-refractivity contribution >= 4 is 34.4 Å². The lowest BCUT2D eigenvalue weighted by Gasteiger charge is -2.18. The van der Waals surface area contributed by atoms with E-state index < -0.39 is 11.9 Å². The summed E-state index contributed by atoms with van der Waals surface area (Å²) in [6.07, 6.45) is 3.86. The second-order valence-electron chi connectivity index (χ2n) is 8.62. The molecule has 0 spiro atoms. The lowest BCUT2D eigenvalue weighted by molar-refractivity contribution is -0.159. The van der Waals surface area contributed by atoms with Crippen molar-refractivity contribution in [2.45, 2.75) is 25.7 Å². The number of rotatable bonds is 8. The molecule has 1 aliphatic rings. The van der Waals surface area contributed by atoms with Gasteiger partial charge in [-0.15, -0.1) is 0 Å². The summed E-state index contributed by atoms with van der Waals surface area (Å²) >= 11 is 0. The number of fused-ring (bicyclic) bond motifs is 2. The number of aryl methyl sites for hydroxylation is 1. The van der Waals surface area contributed by atoms with Gasteiger partial charge in [-0.3, -0.25) is 14.7 Å². The van der Waals surface area contributed by atoms with E-state index in [1.807, 2.05) is 54.4 Å². The number of carbonyl (C=O) groups is 3. The molecule has 0 bridgehead atoms. The maximum Gasteiger partial charge on any atom is 0.414 e. The molecule has 10 heteroatoms. The third kappa shape index (κ3) is 7.17. The van der Waals surface area contributed by atoms with Crippen molar-refractivity contribution in [3.8, 4) is 11.5 Å². The third-order valence-corrected chi connectivity index (χ3v) is 6.01. The van der Waals surface area contributed by atoms with E-state index in [9.17, 15) is 4.79 Å². The first-order chi connectivity index (χ1) is 17.7. The van der Waals surface area contributed by atoms with E-state index in [-0.39, 0.29) is 5.91 Å². The Balaban J connectivity index is 0.000000568. The maximum absolute atomic E-state index is 12.9. The molecule has 1 aromatic heterocycles. The predicted molar refractivity (Wildman–Crippen MR) is 138 cm³/mol. The molecule has 0 radical (unpaired) electrons. The Morgan fingerprint density at radius 2 is 1.70 bits per heavy atom. The molecule has 37 heavy (non-hydrogen) atoms. The second-order valence-corrected chi connectivity index (χ2v) is 8.62. The van der Waals surface area contributed by atoms with Crippen LogP contribution in [0.25, 0.3) is 10.9 Å². The molecule has 0 saturated carbocycles. The smallest absolute Gasteiger partial charge is 0.414 e. The van der Waals surface area contributed by atoms with Crippen LogP contribution in [0.5, 0.6) is 11.5 Å². The zero-order valence-corrected chi connectivity index (χ0v) is 21.1. The highest BCUT2D eigenvalue weighted by molar-refractivity contribution is 6.27. The zero-order chi connectivity index (χ0) is 26.9. The van der Waals surface area contributed by atoms with Crippen LogP contribution in [-0.4, -0.2) is 72.3 Å². The van der Waals surface area contributed by atoms with Crippen LogP contribution in [0.3, 0.4) is 0 Å². The van der Waals surface area contributed by atoms with Gasteiger partial charge >= 0.3 is 11.9 Å². The summed E-state index contributed by atoms with van der Waals surface area (Å²) in [7, 11) is 5.23. The van der Waals surface area contributed by atoms with Crippen LogP contribution in [-0.2, 0) is 33.6 Å². The molecule has 0 unspecified atom stereocenters. The standard InChI is InChI=1S/C25H29N3O3.C2H2O4/c1-28(14-13-17-11-12-22(30-2)23(15-17)31-3)16-24(29)27-25-18-7-4-5-9-20(18)26-21-10-6-8-19(21)25;3-1(4)2(5)6/h4-5,7,9,11-12,15H,6,8,10,13-14,16H2,1-3H3,(H,26,27,29);(H,3,4)(H,5,6). The van der Waals surface area contributed by atoms with Gasteiger partial charge in [-0.05, 0) is 62.1 Å². The molecule has 196 valence electrons. The predicted octanol–water partition coefficient (Wildman–Crippen LogP) is 3.01. The molecule has 2 aromatic carbocycles. The molecule has 10 nitrogen and oxygen atoms in total. The minimum absolute atomic E-state index is 0.000245. The molecule has 1 amide bonds. The van der Waals surface area contributed by atoms with Crippen LogP contribution in [0.4, 0.5) is 5.69 Å². The number of anilines is 1. The summed E-state index contributed by atoms with van der Waals surface area (Å²) in [6, 6.07) is 14.0. The van der Waals surface area contributed by atoms with E-state index in [1.165, 1.54) is 5.56 Å². The Kier molecular flexibility index (Phi) is 9.39. The number of nitrogens with one attached hydrogen (secondary N) is 1. The van der Waals surface area contributed by atoms with E-state index in [0.29, 0.717) is 6.54 Å². The van der Waals surface area contributed by atoms with Gasteiger partial charge in [0.05, 0.1) is 32.0 Å². The monoisotopic (exact) mass is 509 g/mol. The fourth-order valence-corrected chi connectivity index (χ4v) is 4.21. The van der Waals surface area contributed by atoms with Crippen molar-refractivity contribution in [3.63, 3.8) is 0 Å². The highest BCUT2D eigenvalue weighted by Gasteiger charge is 2.21. The average Bonchev–Trinajstić information content (AvgIpc) is 3.36. The minimum Gasteiger partial charge on any atom is -0.493 e. The first kappa shape index (κ1) is 27.4. The largest absolute Gasteiger partial charge is 0.493 e. The number of aromatic nitrogens is 1. The van der Waals surface area contributed by atoms with Crippen molar-refractivity contribution in [2.24, 2.45) is 0 Å². The number of hydrogen-bond donors (Lipinski definition) is 3. The van der Waals surface area contributed by atoms with Gasteiger partial charge in [0.2, 0.25) is 5.91 Å². The van der Waals surface area contributed by atoms with Gasteiger partial charge in [-0.1, -0.05) is 24.3 Å². The topological polar surface area (TPSA) is 138 Å². The fourth-order valence-electron chi connectivity index (χ4n) is 4.21. The number of likely N-dealkylation sites (N-methyl/N-ethyl adjacent to an activating group) is 1. The molecular weight excluding hydrogens is 478 g/mol. The molecule has 1 aliphatic carbocycles. The summed E-state index contributed by atoms with van der Waals surface area (Å²) in [5.41, 5.74) is 5.34. The van der Waals surface area contributed by atoms with Gasteiger partial charge in [-0.2, -0.15) is 0 Å². The second kappa shape index (κ2) is 12.7. The van der Waals surface area contributed by atoms with Crippen molar-refractivity contribution in [1.82, 2.24) is 9.88 Å². The van der Waals surface area contributed by atoms with Crippen LogP contribution < -0.4 is 14.8 Å². The Morgan fingerprint density at radius 3 is 2.38 bits per heavy atom. The summed E-state index contributed by atoms with van der Waals surface area (Å²) in [6.45, 7) is 1.09. The number of carboxylic acids is 2. The molecule has 3 N–H and O–H groups in total. The van der Waals surface area contributed by atoms with Gasteiger partial charge < -0.3 is 25.0 Å². The molecule has 0 saturated heterocycles. The summed E-state index contributed by atoms with van der Waals surface area (Å²) in [5, 5.41) is 19.0. The first-order valence-corrected chi connectivity index (χ1v) is 11.8. The molecule has 1 heterocycles. The number of ether oxygens (including phenoxy) is 2. The zero-order valence-electron chi connectivity index (χ0n) is 21.1. The minimum atomic E-state index is -1.82. The first-order valence-electron chi connectivity index (χ1n) is 11.8. The van der Waals surface area contributed by atoms with Gasteiger partial charge in [-0.25, -0.2) is 9.59 Å². The maximum atomic E-state index is 12.9. The molecule has 3 aromatic rings. The Hall–Kier alpha value is -4.18. The number of benzene rings is 2. The highest BCUT2D eigenvalue weighted by Crippen LogP contribution is 2.34.